The molecule has 0 bridgehead atoms. The summed E-state index contributed by atoms with van der Waals surface area (Å²) in [5.41, 5.74) is 0. The molecule has 2 rings (SSSR count). The van der Waals surface area contributed by atoms with E-state index in [1.54, 1.807) is 0 Å². The van der Waals surface area contributed by atoms with E-state index in [0.717, 1.165) is 0 Å². The summed E-state index contributed by atoms with van der Waals surface area (Å²) in [4.78, 5) is 3.78. The summed E-state index contributed by atoms with van der Waals surface area (Å²) < 4.78 is 26.8. The second-order valence-electron chi connectivity index (χ2n) is 3.01. The summed E-state index contributed by atoms with van der Waals surface area (Å²) in [6.07, 6.45) is 0.554. The highest BCUT2D eigenvalue weighted by Crippen LogP contribution is 2.27. The monoisotopic (exact) mass is 222 g/mol. The molecular weight excluding hydrogens is 216 g/mol. The molecule has 1 aliphatic heterocycles. The van der Waals surface area contributed by atoms with E-state index >= 15 is 0 Å². The lowest BCUT2D eigenvalue weighted by atomic mass is 10.1. The van der Waals surface area contributed by atoms with Gasteiger partial charge < -0.3 is 4.52 Å². The fourth-order valence-corrected chi connectivity index (χ4v) is 3.24. The Bertz CT molecular complexity index is 413. The Morgan fingerprint density at radius 1 is 1.54 bits per heavy atom. The fraction of sp³-hybridized carbons (Fsp3) is 0.667. The third kappa shape index (κ3) is 1.83. The van der Waals surface area contributed by atoms with Crippen LogP contribution in [-0.4, -0.2) is 30.1 Å². The normalized spacial score (nSPS) is 26.4. The highest BCUT2D eigenvalue weighted by molar-refractivity contribution is 7.91. The number of halogens is 1. The minimum Gasteiger partial charge on any atom is -0.321 e. The van der Waals surface area contributed by atoms with Crippen LogP contribution in [0.25, 0.3) is 0 Å². The average Bonchev–Trinajstić information content (AvgIpc) is 2.56. The van der Waals surface area contributed by atoms with Crippen molar-refractivity contribution in [3.63, 3.8) is 0 Å². The first-order valence-corrected chi connectivity index (χ1v) is 5.96. The van der Waals surface area contributed by atoms with Crippen LogP contribution in [0.15, 0.2) is 4.52 Å². The van der Waals surface area contributed by atoms with Gasteiger partial charge in [0.15, 0.2) is 15.7 Å². The van der Waals surface area contributed by atoms with E-state index in [-0.39, 0.29) is 22.8 Å². The molecule has 72 valence electrons. The van der Waals surface area contributed by atoms with E-state index in [1.165, 1.54) is 0 Å². The molecule has 2 heterocycles. The maximum atomic E-state index is 11.1. The van der Waals surface area contributed by atoms with Gasteiger partial charge in [0.1, 0.15) is 0 Å². The summed E-state index contributed by atoms with van der Waals surface area (Å²) in [6, 6.07) is 0. The molecule has 7 heteroatoms. The van der Waals surface area contributed by atoms with Gasteiger partial charge >= 0.3 is 5.35 Å². The van der Waals surface area contributed by atoms with Crippen molar-refractivity contribution < 1.29 is 12.9 Å². The molecule has 13 heavy (non-hydrogen) atoms. The molecule has 1 unspecified atom stereocenters. The number of hydrogen-bond acceptors (Lipinski definition) is 5. The van der Waals surface area contributed by atoms with Crippen molar-refractivity contribution in [1.29, 1.82) is 0 Å². The summed E-state index contributed by atoms with van der Waals surface area (Å²) in [5.74, 6) is 0.541. The Morgan fingerprint density at radius 2 is 2.31 bits per heavy atom. The largest absolute Gasteiger partial charge is 0.321 e. The molecule has 1 aliphatic rings. The first-order chi connectivity index (χ1) is 6.07. The maximum Gasteiger partial charge on any atom is 0.320 e. The van der Waals surface area contributed by atoms with E-state index in [9.17, 15) is 8.42 Å². The molecule has 1 fully saturated rings. The molecule has 1 atom stereocenters. The lowest BCUT2D eigenvalue weighted by Crippen LogP contribution is -2.04. The minimum absolute atomic E-state index is 0.0423. The topological polar surface area (TPSA) is 73.1 Å². The van der Waals surface area contributed by atoms with Crippen LogP contribution >= 0.6 is 11.6 Å². The van der Waals surface area contributed by atoms with Gasteiger partial charge in [-0.2, -0.15) is 4.98 Å². The van der Waals surface area contributed by atoms with Crippen molar-refractivity contribution in [2.75, 3.05) is 11.5 Å². The Kier molecular flexibility index (Phi) is 2.03. The van der Waals surface area contributed by atoms with Crippen LogP contribution in [0, 0.1) is 0 Å². The summed E-state index contributed by atoms with van der Waals surface area (Å²) >= 11 is 5.42. The molecule has 5 nitrogen and oxygen atoms in total. The molecule has 0 saturated carbocycles. The Hall–Kier alpha value is -0.620. The Labute approximate surface area is 80.0 Å². The van der Waals surface area contributed by atoms with Gasteiger partial charge in [-0.05, 0) is 18.0 Å². The maximum absolute atomic E-state index is 11.1. The smallest absolute Gasteiger partial charge is 0.320 e. The van der Waals surface area contributed by atoms with Crippen LogP contribution in [0.4, 0.5) is 0 Å². The Balaban J connectivity index is 2.21. The zero-order valence-corrected chi connectivity index (χ0v) is 8.18. The molecule has 0 aliphatic carbocycles. The van der Waals surface area contributed by atoms with Gasteiger partial charge in [-0.25, -0.2) is 8.42 Å². The molecule has 1 aromatic heterocycles. The van der Waals surface area contributed by atoms with E-state index in [4.69, 9.17) is 11.6 Å². The fourth-order valence-electron chi connectivity index (χ4n) is 1.38. The molecule has 0 spiro atoms. The zero-order valence-electron chi connectivity index (χ0n) is 6.60. The SMILES string of the molecule is O=S1(=O)CCC(c2noc(Cl)n2)C1. The predicted octanol–water partition coefficient (Wildman–Crippen LogP) is 0.625. The van der Waals surface area contributed by atoms with Gasteiger partial charge in [0.2, 0.25) is 0 Å². The van der Waals surface area contributed by atoms with Crippen LogP contribution in [-0.2, 0) is 9.84 Å². The van der Waals surface area contributed by atoms with Crippen LogP contribution < -0.4 is 0 Å². The van der Waals surface area contributed by atoms with Gasteiger partial charge in [0, 0.05) is 5.92 Å². The van der Waals surface area contributed by atoms with Crippen molar-refractivity contribution in [2.24, 2.45) is 0 Å². The zero-order chi connectivity index (χ0) is 9.47. The van der Waals surface area contributed by atoms with E-state index in [1.807, 2.05) is 0 Å². The quantitative estimate of drug-likeness (QED) is 0.697. The van der Waals surface area contributed by atoms with E-state index in [2.05, 4.69) is 14.7 Å². The van der Waals surface area contributed by atoms with Crippen LogP contribution in [0.2, 0.25) is 5.35 Å². The number of hydrogen-bond donors (Lipinski definition) is 0. The molecule has 1 aromatic rings. The molecule has 0 radical (unpaired) electrons. The van der Waals surface area contributed by atoms with Crippen molar-refractivity contribution in [3.05, 3.63) is 11.2 Å². The molecule has 0 amide bonds. The number of aromatic nitrogens is 2. The average molecular weight is 223 g/mol. The van der Waals surface area contributed by atoms with Gasteiger partial charge in [-0.15, -0.1) is 0 Å². The van der Waals surface area contributed by atoms with Gasteiger partial charge in [0.05, 0.1) is 11.5 Å². The number of nitrogens with zero attached hydrogens (tertiary/aromatic N) is 2. The first kappa shape index (κ1) is 8.96. The third-order valence-electron chi connectivity index (χ3n) is 2.01. The van der Waals surface area contributed by atoms with Crippen LogP contribution in [0.3, 0.4) is 0 Å². The lowest BCUT2D eigenvalue weighted by molar-refractivity contribution is 0.407. The van der Waals surface area contributed by atoms with Crippen molar-refractivity contribution >= 4 is 21.4 Å². The third-order valence-corrected chi connectivity index (χ3v) is 3.94. The second-order valence-corrected chi connectivity index (χ2v) is 5.56. The first-order valence-electron chi connectivity index (χ1n) is 3.76. The van der Waals surface area contributed by atoms with Crippen molar-refractivity contribution in [2.45, 2.75) is 12.3 Å². The van der Waals surface area contributed by atoms with Crippen LogP contribution in [0.1, 0.15) is 18.2 Å². The Morgan fingerprint density at radius 3 is 2.77 bits per heavy atom. The van der Waals surface area contributed by atoms with Crippen LogP contribution in [0.5, 0.6) is 0 Å². The summed E-state index contributed by atoms with van der Waals surface area (Å²) in [5, 5.41) is 3.54. The van der Waals surface area contributed by atoms with E-state index in [0.29, 0.717) is 12.2 Å². The van der Waals surface area contributed by atoms with Gasteiger partial charge in [-0.1, -0.05) is 5.16 Å². The van der Waals surface area contributed by atoms with Gasteiger partial charge in [-0.3, -0.25) is 0 Å². The number of rotatable bonds is 1. The highest BCUT2D eigenvalue weighted by atomic mass is 35.5. The molecule has 1 saturated heterocycles. The summed E-state index contributed by atoms with van der Waals surface area (Å²) in [7, 11) is -2.90. The van der Waals surface area contributed by atoms with E-state index < -0.39 is 9.84 Å². The molecular formula is C6H7ClN2O3S. The highest BCUT2D eigenvalue weighted by Gasteiger charge is 2.32. The standard InChI is InChI=1S/C6H7ClN2O3S/c7-6-8-5(9-12-6)4-1-2-13(10,11)3-4/h4H,1-3H2. The summed E-state index contributed by atoms with van der Waals surface area (Å²) in [6.45, 7) is 0. The van der Waals surface area contributed by atoms with Crippen molar-refractivity contribution in [1.82, 2.24) is 10.1 Å². The van der Waals surface area contributed by atoms with Crippen molar-refractivity contribution in [3.8, 4) is 0 Å². The number of sulfone groups is 1. The second kappa shape index (κ2) is 2.95. The molecule has 0 aromatic carbocycles. The minimum atomic E-state index is -2.90. The predicted molar refractivity (Wildman–Crippen MR) is 45.3 cm³/mol. The molecule has 0 N–H and O–H groups in total. The lowest BCUT2D eigenvalue weighted by Gasteiger charge is -1.97. The van der Waals surface area contributed by atoms with Gasteiger partial charge in [0.25, 0.3) is 0 Å².